The summed E-state index contributed by atoms with van der Waals surface area (Å²) in [6.07, 6.45) is 3.17. The lowest BCUT2D eigenvalue weighted by molar-refractivity contribution is -0.115. The number of hydrogen-bond acceptors (Lipinski definition) is 3. The van der Waals surface area contributed by atoms with E-state index in [4.69, 9.17) is 9.47 Å². The van der Waals surface area contributed by atoms with E-state index < -0.39 is 0 Å². The van der Waals surface area contributed by atoms with Crippen LogP contribution in [0.2, 0.25) is 0 Å². The van der Waals surface area contributed by atoms with Gasteiger partial charge in [0.25, 0.3) is 0 Å². The number of methoxy groups -OCH3 is 1. The SMILES string of the molecule is C=C(C)C1CCC(=O)C=C1COCOC. The van der Waals surface area contributed by atoms with E-state index in [0.29, 0.717) is 18.9 Å². The van der Waals surface area contributed by atoms with Crippen LogP contribution in [0.3, 0.4) is 0 Å². The predicted octanol–water partition coefficient (Wildman–Crippen LogP) is 2.09. The number of rotatable bonds is 5. The zero-order valence-electron chi connectivity index (χ0n) is 9.41. The second kappa shape index (κ2) is 5.83. The van der Waals surface area contributed by atoms with E-state index in [1.807, 2.05) is 6.92 Å². The van der Waals surface area contributed by atoms with Crippen molar-refractivity contribution in [1.82, 2.24) is 0 Å². The molecule has 0 radical (unpaired) electrons. The topological polar surface area (TPSA) is 35.5 Å². The Morgan fingerprint density at radius 3 is 3.00 bits per heavy atom. The third kappa shape index (κ3) is 3.61. The van der Waals surface area contributed by atoms with Crippen LogP contribution in [0.5, 0.6) is 0 Å². The lowest BCUT2D eigenvalue weighted by Crippen LogP contribution is -2.18. The smallest absolute Gasteiger partial charge is 0.155 e. The van der Waals surface area contributed by atoms with Gasteiger partial charge in [0.2, 0.25) is 0 Å². The normalized spacial score (nSPS) is 21.3. The molecule has 0 aromatic heterocycles. The van der Waals surface area contributed by atoms with E-state index in [1.165, 1.54) is 0 Å². The molecule has 0 aromatic carbocycles. The molecule has 1 unspecified atom stereocenters. The van der Waals surface area contributed by atoms with E-state index >= 15 is 0 Å². The molecule has 0 aromatic rings. The Labute approximate surface area is 90.8 Å². The molecule has 0 fully saturated rings. The highest BCUT2D eigenvalue weighted by atomic mass is 16.7. The van der Waals surface area contributed by atoms with Crippen LogP contribution in [0, 0.1) is 5.92 Å². The first-order valence-electron chi connectivity index (χ1n) is 5.10. The van der Waals surface area contributed by atoms with Crippen LogP contribution in [-0.2, 0) is 14.3 Å². The van der Waals surface area contributed by atoms with E-state index in [0.717, 1.165) is 17.6 Å². The third-order valence-corrected chi connectivity index (χ3v) is 2.54. The molecule has 0 bridgehead atoms. The van der Waals surface area contributed by atoms with Gasteiger partial charge in [0.1, 0.15) is 6.79 Å². The average Bonchev–Trinajstić information content (AvgIpc) is 2.18. The van der Waals surface area contributed by atoms with Crippen molar-refractivity contribution in [2.24, 2.45) is 5.92 Å². The minimum atomic E-state index is 0.184. The first-order valence-corrected chi connectivity index (χ1v) is 5.10. The highest BCUT2D eigenvalue weighted by molar-refractivity contribution is 5.91. The van der Waals surface area contributed by atoms with Crippen LogP contribution in [-0.4, -0.2) is 26.3 Å². The van der Waals surface area contributed by atoms with Gasteiger partial charge in [-0.15, -0.1) is 0 Å². The van der Waals surface area contributed by atoms with Crippen molar-refractivity contribution in [3.63, 3.8) is 0 Å². The highest BCUT2D eigenvalue weighted by Crippen LogP contribution is 2.28. The van der Waals surface area contributed by atoms with Gasteiger partial charge in [0, 0.05) is 19.4 Å². The Bertz CT molecular complexity index is 279. The van der Waals surface area contributed by atoms with Crippen LogP contribution in [0.1, 0.15) is 19.8 Å². The summed E-state index contributed by atoms with van der Waals surface area (Å²) >= 11 is 0. The van der Waals surface area contributed by atoms with Crippen molar-refractivity contribution in [2.45, 2.75) is 19.8 Å². The van der Waals surface area contributed by atoms with Gasteiger partial charge in [-0.1, -0.05) is 12.2 Å². The van der Waals surface area contributed by atoms with Gasteiger partial charge in [0.15, 0.2) is 5.78 Å². The van der Waals surface area contributed by atoms with Crippen LogP contribution < -0.4 is 0 Å². The van der Waals surface area contributed by atoms with Crippen LogP contribution in [0.25, 0.3) is 0 Å². The molecule has 0 amide bonds. The maximum absolute atomic E-state index is 11.3. The van der Waals surface area contributed by atoms with Gasteiger partial charge >= 0.3 is 0 Å². The molecule has 84 valence electrons. The monoisotopic (exact) mass is 210 g/mol. The molecule has 15 heavy (non-hydrogen) atoms. The van der Waals surface area contributed by atoms with Crippen LogP contribution in [0.15, 0.2) is 23.8 Å². The van der Waals surface area contributed by atoms with Crippen molar-refractivity contribution < 1.29 is 14.3 Å². The van der Waals surface area contributed by atoms with E-state index in [1.54, 1.807) is 13.2 Å². The molecule has 3 nitrogen and oxygen atoms in total. The lowest BCUT2D eigenvalue weighted by atomic mass is 9.83. The first-order chi connectivity index (χ1) is 7.15. The van der Waals surface area contributed by atoms with Gasteiger partial charge in [-0.05, 0) is 25.0 Å². The van der Waals surface area contributed by atoms with E-state index in [-0.39, 0.29) is 12.6 Å². The van der Waals surface area contributed by atoms with E-state index in [2.05, 4.69) is 6.58 Å². The Balaban J connectivity index is 2.61. The largest absolute Gasteiger partial charge is 0.359 e. The standard InChI is InChI=1S/C12H18O3/c1-9(2)12-5-4-11(13)6-10(12)7-15-8-14-3/h6,12H,1,4-5,7-8H2,2-3H3. The first kappa shape index (κ1) is 12.1. The minimum absolute atomic E-state index is 0.184. The van der Waals surface area contributed by atoms with Gasteiger partial charge in [-0.3, -0.25) is 4.79 Å². The molecule has 3 heteroatoms. The Morgan fingerprint density at radius 2 is 2.40 bits per heavy atom. The summed E-state index contributed by atoms with van der Waals surface area (Å²) in [5.74, 6) is 0.475. The third-order valence-electron chi connectivity index (χ3n) is 2.54. The Kier molecular flexibility index (Phi) is 4.72. The van der Waals surface area contributed by atoms with E-state index in [9.17, 15) is 4.79 Å². The molecule has 0 aliphatic heterocycles. The van der Waals surface area contributed by atoms with Crippen molar-refractivity contribution in [3.8, 4) is 0 Å². The van der Waals surface area contributed by atoms with Gasteiger partial charge in [-0.2, -0.15) is 0 Å². The molecule has 0 saturated carbocycles. The fourth-order valence-electron chi connectivity index (χ4n) is 1.80. The number of hydrogen-bond donors (Lipinski definition) is 0. The number of carbonyl (C=O) groups is 1. The molecule has 1 aliphatic rings. The molecule has 1 rings (SSSR count). The maximum Gasteiger partial charge on any atom is 0.155 e. The second-order valence-corrected chi connectivity index (χ2v) is 3.88. The molecular weight excluding hydrogens is 192 g/mol. The van der Waals surface area contributed by atoms with Gasteiger partial charge < -0.3 is 9.47 Å². The van der Waals surface area contributed by atoms with Crippen LogP contribution in [0.4, 0.5) is 0 Å². The molecule has 0 saturated heterocycles. The zero-order valence-corrected chi connectivity index (χ0v) is 9.41. The molecule has 0 heterocycles. The summed E-state index contributed by atoms with van der Waals surface area (Å²) in [5.41, 5.74) is 2.12. The number of allylic oxidation sites excluding steroid dienone is 2. The summed E-state index contributed by atoms with van der Waals surface area (Å²) in [6.45, 7) is 6.65. The highest BCUT2D eigenvalue weighted by Gasteiger charge is 2.21. The quantitative estimate of drug-likeness (QED) is 0.396. The summed E-state index contributed by atoms with van der Waals surface area (Å²) in [7, 11) is 1.58. The predicted molar refractivity (Wildman–Crippen MR) is 58.5 cm³/mol. The van der Waals surface area contributed by atoms with Crippen molar-refractivity contribution in [1.29, 1.82) is 0 Å². The Morgan fingerprint density at radius 1 is 1.67 bits per heavy atom. The van der Waals surface area contributed by atoms with Crippen molar-refractivity contribution in [3.05, 3.63) is 23.8 Å². The van der Waals surface area contributed by atoms with Crippen molar-refractivity contribution in [2.75, 3.05) is 20.5 Å². The lowest BCUT2D eigenvalue weighted by Gasteiger charge is -2.23. The molecule has 0 spiro atoms. The fourth-order valence-corrected chi connectivity index (χ4v) is 1.80. The van der Waals surface area contributed by atoms with Gasteiger partial charge in [0.05, 0.1) is 6.61 Å². The molecule has 0 N–H and O–H groups in total. The number of ketones is 1. The number of carbonyl (C=O) groups excluding carboxylic acids is 1. The van der Waals surface area contributed by atoms with Crippen molar-refractivity contribution >= 4 is 5.78 Å². The summed E-state index contributed by atoms with van der Waals surface area (Å²) in [6, 6.07) is 0. The summed E-state index contributed by atoms with van der Waals surface area (Å²) in [4.78, 5) is 11.3. The number of ether oxygens (including phenoxy) is 2. The Hall–Kier alpha value is -0.930. The molecule has 1 atom stereocenters. The zero-order chi connectivity index (χ0) is 11.3. The minimum Gasteiger partial charge on any atom is -0.359 e. The summed E-state index contributed by atoms with van der Waals surface area (Å²) in [5, 5.41) is 0. The second-order valence-electron chi connectivity index (χ2n) is 3.88. The molecule has 1 aliphatic carbocycles. The van der Waals surface area contributed by atoms with Gasteiger partial charge in [-0.25, -0.2) is 0 Å². The van der Waals surface area contributed by atoms with Crippen LogP contribution >= 0.6 is 0 Å². The molecular formula is C12H18O3. The summed E-state index contributed by atoms with van der Waals surface area (Å²) < 4.78 is 10.1. The maximum atomic E-state index is 11.3. The fraction of sp³-hybridized carbons (Fsp3) is 0.583. The average molecular weight is 210 g/mol.